The summed E-state index contributed by atoms with van der Waals surface area (Å²) in [6.07, 6.45) is 0. The number of para-hydroxylation sites is 1. The van der Waals surface area contributed by atoms with Crippen LogP contribution in [0.3, 0.4) is 0 Å². The van der Waals surface area contributed by atoms with Gasteiger partial charge in [-0.15, -0.1) is 0 Å². The predicted octanol–water partition coefficient (Wildman–Crippen LogP) is 1.49. The molecule has 1 unspecified atom stereocenters. The van der Waals surface area contributed by atoms with E-state index in [9.17, 15) is 9.59 Å². The molecular formula is C15H22N2O3. The molecule has 5 nitrogen and oxygen atoms in total. The van der Waals surface area contributed by atoms with Crippen molar-refractivity contribution in [1.82, 2.24) is 5.32 Å². The van der Waals surface area contributed by atoms with Crippen LogP contribution in [-0.4, -0.2) is 30.1 Å². The molecule has 0 bridgehead atoms. The summed E-state index contributed by atoms with van der Waals surface area (Å²) in [6.45, 7) is 6.07. The maximum absolute atomic E-state index is 11.8. The Bertz CT molecular complexity index is 472. The van der Waals surface area contributed by atoms with Crippen molar-refractivity contribution >= 4 is 17.5 Å². The van der Waals surface area contributed by atoms with E-state index in [1.54, 1.807) is 13.0 Å². The fourth-order valence-corrected chi connectivity index (χ4v) is 1.71. The first kappa shape index (κ1) is 16.2. The molecule has 0 saturated heterocycles. The van der Waals surface area contributed by atoms with Gasteiger partial charge in [-0.1, -0.05) is 39.0 Å². The number of carbonyl (C=O) groups excluding carboxylic acids is 2. The molecule has 1 aromatic carbocycles. The maximum atomic E-state index is 11.8. The number of amides is 2. The lowest BCUT2D eigenvalue weighted by Gasteiger charge is -2.14. The fourth-order valence-electron chi connectivity index (χ4n) is 1.71. The number of hydrogen-bond donors (Lipinski definition) is 3. The van der Waals surface area contributed by atoms with Gasteiger partial charge < -0.3 is 15.7 Å². The van der Waals surface area contributed by atoms with E-state index in [1.165, 1.54) is 0 Å². The largest absolute Gasteiger partial charge is 0.396 e. The number of anilines is 1. The molecule has 0 saturated carbocycles. The van der Waals surface area contributed by atoms with E-state index < -0.39 is 11.8 Å². The number of nitrogens with one attached hydrogen (secondary N) is 2. The molecule has 0 fully saturated rings. The molecule has 0 radical (unpaired) electrons. The molecule has 0 aliphatic carbocycles. The van der Waals surface area contributed by atoms with Gasteiger partial charge in [0.05, 0.1) is 0 Å². The molecule has 0 aliphatic rings. The third kappa shape index (κ3) is 4.66. The van der Waals surface area contributed by atoms with Gasteiger partial charge in [0.25, 0.3) is 0 Å². The van der Waals surface area contributed by atoms with Crippen LogP contribution in [0.1, 0.15) is 32.3 Å². The van der Waals surface area contributed by atoms with E-state index in [-0.39, 0.29) is 25.0 Å². The van der Waals surface area contributed by atoms with Gasteiger partial charge in [-0.05, 0) is 23.5 Å². The van der Waals surface area contributed by atoms with Gasteiger partial charge in [0, 0.05) is 18.8 Å². The van der Waals surface area contributed by atoms with Crippen LogP contribution in [0.15, 0.2) is 24.3 Å². The van der Waals surface area contributed by atoms with Gasteiger partial charge in [-0.2, -0.15) is 0 Å². The van der Waals surface area contributed by atoms with E-state index in [2.05, 4.69) is 10.6 Å². The highest BCUT2D eigenvalue weighted by Gasteiger charge is 2.16. The Labute approximate surface area is 119 Å². The van der Waals surface area contributed by atoms with Crippen molar-refractivity contribution in [2.45, 2.75) is 26.7 Å². The second-order valence-corrected chi connectivity index (χ2v) is 5.19. The van der Waals surface area contributed by atoms with E-state index in [0.717, 1.165) is 5.56 Å². The molecule has 2 amide bonds. The number of aliphatic hydroxyl groups excluding tert-OH is 1. The predicted molar refractivity (Wildman–Crippen MR) is 78.4 cm³/mol. The highest BCUT2D eigenvalue weighted by Crippen LogP contribution is 2.23. The van der Waals surface area contributed by atoms with E-state index in [1.807, 2.05) is 32.0 Å². The molecule has 5 heteroatoms. The molecule has 1 atom stereocenters. The first-order valence-corrected chi connectivity index (χ1v) is 6.74. The Morgan fingerprint density at radius 2 is 1.80 bits per heavy atom. The third-order valence-corrected chi connectivity index (χ3v) is 2.96. The van der Waals surface area contributed by atoms with Gasteiger partial charge in [0.2, 0.25) is 0 Å². The van der Waals surface area contributed by atoms with Crippen molar-refractivity contribution in [2.75, 3.05) is 18.5 Å². The van der Waals surface area contributed by atoms with E-state index in [0.29, 0.717) is 5.69 Å². The summed E-state index contributed by atoms with van der Waals surface area (Å²) in [5, 5.41) is 14.0. The molecule has 0 aliphatic heterocycles. The van der Waals surface area contributed by atoms with Gasteiger partial charge in [-0.25, -0.2) is 0 Å². The smallest absolute Gasteiger partial charge is 0.313 e. The zero-order valence-corrected chi connectivity index (χ0v) is 12.1. The second-order valence-electron chi connectivity index (χ2n) is 5.19. The highest BCUT2D eigenvalue weighted by atomic mass is 16.3. The summed E-state index contributed by atoms with van der Waals surface area (Å²) in [6, 6.07) is 7.41. The van der Waals surface area contributed by atoms with E-state index >= 15 is 0 Å². The third-order valence-electron chi connectivity index (χ3n) is 2.96. The van der Waals surface area contributed by atoms with Crippen molar-refractivity contribution in [1.29, 1.82) is 0 Å². The maximum Gasteiger partial charge on any atom is 0.313 e. The first-order chi connectivity index (χ1) is 9.45. The zero-order chi connectivity index (χ0) is 15.1. The molecule has 1 aromatic rings. The fraction of sp³-hybridized carbons (Fsp3) is 0.467. The Balaban J connectivity index is 2.64. The molecule has 0 heterocycles. The Kier molecular flexibility index (Phi) is 6.18. The topological polar surface area (TPSA) is 78.4 Å². The lowest BCUT2D eigenvalue weighted by atomic mass is 10.0. The minimum atomic E-state index is -0.691. The first-order valence-electron chi connectivity index (χ1n) is 6.74. The Morgan fingerprint density at radius 3 is 2.40 bits per heavy atom. The number of aliphatic hydroxyl groups is 1. The number of rotatable bonds is 5. The summed E-state index contributed by atoms with van der Waals surface area (Å²) in [7, 11) is 0. The summed E-state index contributed by atoms with van der Waals surface area (Å²) in [5.41, 5.74) is 1.63. The SMILES string of the molecule is CC(CO)CNC(=O)C(=O)Nc1ccccc1C(C)C. The summed E-state index contributed by atoms with van der Waals surface area (Å²) >= 11 is 0. The van der Waals surface area contributed by atoms with Crippen LogP contribution in [0.25, 0.3) is 0 Å². The number of hydrogen-bond acceptors (Lipinski definition) is 3. The normalized spacial score (nSPS) is 12.1. The van der Waals surface area contributed by atoms with Crippen molar-refractivity contribution < 1.29 is 14.7 Å². The van der Waals surface area contributed by atoms with Crippen LogP contribution in [0.2, 0.25) is 0 Å². The summed E-state index contributed by atoms with van der Waals surface area (Å²) in [5.74, 6) is -1.20. The van der Waals surface area contributed by atoms with Crippen molar-refractivity contribution in [3.8, 4) is 0 Å². The average molecular weight is 278 g/mol. The van der Waals surface area contributed by atoms with Crippen LogP contribution in [0, 0.1) is 5.92 Å². The van der Waals surface area contributed by atoms with Gasteiger partial charge in [0.15, 0.2) is 0 Å². The highest BCUT2D eigenvalue weighted by molar-refractivity contribution is 6.39. The molecule has 110 valence electrons. The van der Waals surface area contributed by atoms with Crippen molar-refractivity contribution in [2.24, 2.45) is 5.92 Å². The monoisotopic (exact) mass is 278 g/mol. The summed E-state index contributed by atoms with van der Waals surface area (Å²) < 4.78 is 0. The van der Waals surface area contributed by atoms with E-state index in [4.69, 9.17) is 5.11 Å². The van der Waals surface area contributed by atoms with Gasteiger partial charge in [-0.3, -0.25) is 9.59 Å². The molecule has 1 rings (SSSR count). The Hall–Kier alpha value is -1.88. The lowest BCUT2D eigenvalue weighted by Crippen LogP contribution is -2.38. The molecule has 3 N–H and O–H groups in total. The van der Waals surface area contributed by atoms with Crippen molar-refractivity contribution in [3.63, 3.8) is 0 Å². The van der Waals surface area contributed by atoms with Crippen LogP contribution >= 0.6 is 0 Å². The van der Waals surface area contributed by atoms with Crippen LogP contribution < -0.4 is 10.6 Å². The molecular weight excluding hydrogens is 256 g/mol. The molecule has 20 heavy (non-hydrogen) atoms. The lowest BCUT2D eigenvalue weighted by molar-refractivity contribution is -0.136. The standard InChI is InChI=1S/C15H22N2O3/c1-10(2)12-6-4-5-7-13(12)17-15(20)14(19)16-8-11(3)9-18/h4-7,10-11,18H,8-9H2,1-3H3,(H,16,19)(H,17,20). The average Bonchev–Trinajstić information content (AvgIpc) is 2.44. The minimum Gasteiger partial charge on any atom is -0.396 e. The Morgan fingerprint density at radius 1 is 1.15 bits per heavy atom. The summed E-state index contributed by atoms with van der Waals surface area (Å²) in [4.78, 5) is 23.4. The zero-order valence-electron chi connectivity index (χ0n) is 12.1. The van der Waals surface area contributed by atoms with Gasteiger partial charge >= 0.3 is 11.8 Å². The molecule has 0 aromatic heterocycles. The van der Waals surface area contributed by atoms with Crippen LogP contribution in [0.5, 0.6) is 0 Å². The van der Waals surface area contributed by atoms with Crippen LogP contribution in [-0.2, 0) is 9.59 Å². The van der Waals surface area contributed by atoms with Crippen LogP contribution in [0.4, 0.5) is 5.69 Å². The van der Waals surface area contributed by atoms with Gasteiger partial charge in [0.1, 0.15) is 0 Å². The minimum absolute atomic E-state index is 0.0297. The van der Waals surface area contributed by atoms with Crippen molar-refractivity contribution in [3.05, 3.63) is 29.8 Å². The quantitative estimate of drug-likeness (QED) is 0.714. The second kappa shape index (κ2) is 7.65. The molecule has 0 spiro atoms. The number of benzene rings is 1. The number of carbonyl (C=O) groups is 2.